The second-order valence-electron chi connectivity index (χ2n) is 5.23. The Morgan fingerprint density at radius 1 is 0.944 bits per heavy atom. The Morgan fingerprint density at radius 3 is 2.72 bits per heavy atom. The van der Waals surface area contributed by atoms with E-state index in [-0.39, 0.29) is 5.54 Å². The molecule has 1 heterocycles. The molecular formula is C17H15N. The standard InChI is InChI=1S/C17H15N/c1-3-9-15-13(6-1)8-5-11-17(15)12-14-7-2-4-10-16(14)18-17/h1-10,18H,11-12H2. The summed E-state index contributed by atoms with van der Waals surface area (Å²) in [5.74, 6) is 0. The highest BCUT2D eigenvalue weighted by atomic mass is 15.0. The van der Waals surface area contributed by atoms with Crippen LogP contribution in [0.2, 0.25) is 0 Å². The van der Waals surface area contributed by atoms with Crippen LogP contribution in [0, 0.1) is 0 Å². The van der Waals surface area contributed by atoms with Crippen molar-refractivity contribution in [2.45, 2.75) is 18.4 Å². The molecule has 1 spiro atoms. The molecule has 2 aromatic carbocycles. The summed E-state index contributed by atoms with van der Waals surface area (Å²) in [6, 6.07) is 17.4. The summed E-state index contributed by atoms with van der Waals surface area (Å²) >= 11 is 0. The molecule has 2 aliphatic rings. The first kappa shape index (κ1) is 9.95. The van der Waals surface area contributed by atoms with Crippen molar-refractivity contribution < 1.29 is 0 Å². The lowest BCUT2D eigenvalue weighted by molar-refractivity contribution is 0.512. The molecule has 1 aliphatic carbocycles. The molecule has 1 nitrogen and oxygen atoms in total. The van der Waals surface area contributed by atoms with E-state index in [1.807, 2.05) is 0 Å². The molecule has 0 bridgehead atoms. The van der Waals surface area contributed by atoms with Gasteiger partial charge in [-0.15, -0.1) is 0 Å². The first-order valence-electron chi connectivity index (χ1n) is 6.50. The molecule has 0 amide bonds. The van der Waals surface area contributed by atoms with Crippen molar-refractivity contribution in [1.29, 1.82) is 0 Å². The van der Waals surface area contributed by atoms with E-state index < -0.39 is 0 Å². The van der Waals surface area contributed by atoms with Gasteiger partial charge in [-0.2, -0.15) is 0 Å². The molecule has 4 rings (SSSR count). The van der Waals surface area contributed by atoms with Crippen LogP contribution in [0.3, 0.4) is 0 Å². The SMILES string of the molecule is C1=Cc2ccccc2C2(C1)Cc1ccccc1N2. The quantitative estimate of drug-likeness (QED) is 0.726. The summed E-state index contributed by atoms with van der Waals surface area (Å²) in [5.41, 5.74) is 5.59. The molecule has 1 heteroatoms. The summed E-state index contributed by atoms with van der Waals surface area (Å²) in [7, 11) is 0. The zero-order valence-electron chi connectivity index (χ0n) is 10.2. The van der Waals surface area contributed by atoms with Crippen LogP contribution < -0.4 is 5.32 Å². The van der Waals surface area contributed by atoms with E-state index in [1.54, 1.807) is 0 Å². The Morgan fingerprint density at radius 2 is 1.78 bits per heavy atom. The molecule has 2 aromatic rings. The second kappa shape index (κ2) is 3.49. The van der Waals surface area contributed by atoms with Crippen LogP contribution >= 0.6 is 0 Å². The Labute approximate surface area is 107 Å². The van der Waals surface area contributed by atoms with Crippen LogP contribution in [0.1, 0.15) is 23.1 Å². The fourth-order valence-corrected chi connectivity index (χ4v) is 3.28. The molecule has 1 unspecified atom stereocenters. The van der Waals surface area contributed by atoms with Crippen LogP contribution in [0.25, 0.3) is 6.08 Å². The van der Waals surface area contributed by atoms with E-state index in [1.165, 1.54) is 22.4 Å². The maximum Gasteiger partial charge on any atom is 0.0706 e. The third kappa shape index (κ3) is 1.28. The van der Waals surface area contributed by atoms with Gasteiger partial charge in [-0.25, -0.2) is 0 Å². The molecule has 0 saturated carbocycles. The zero-order valence-corrected chi connectivity index (χ0v) is 10.2. The fourth-order valence-electron chi connectivity index (χ4n) is 3.28. The van der Waals surface area contributed by atoms with Crippen LogP contribution in [0.5, 0.6) is 0 Å². The molecule has 0 saturated heterocycles. The minimum atomic E-state index is 0.0784. The van der Waals surface area contributed by atoms with Gasteiger partial charge >= 0.3 is 0 Å². The van der Waals surface area contributed by atoms with Crippen molar-refractivity contribution in [1.82, 2.24) is 0 Å². The first-order valence-corrected chi connectivity index (χ1v) is 6.50. The largest absolute Gasteiger partial charge is 0.375 e. The highest BCUT2D eigenvalue weighted by molar-refractivity contribution is 5.67. The van der Waals surface area contributed by atoms with E-state index in [9.17, 15) is 0 Å². The molecule has 1 atom stereocenters. The van der Waals surface area contributed by atoms with Crippen molar-refractivity contribution in [3.8, 4) is 0 Å². The van der Waals surface area contributed by atoms with Gasteiger partial charge in [0.1, 0.15) is 0 Å². The molecule has 0 radical (unpaired) electrons. The van der Waals surface area contributed by atoms with Gasteiger partial charge in [0, 0.05) is 12.1 Å². The smallest absolute Gasteiger partial charge is 0.0706 e. The first-order chi connectivity index (χ1) is 8.87. The van der Waals surface area contributed by atoms with Crippen molar-refractivity contribution >= 4 is 11.8 Å². The van der Waals surface area contributed by atoms with Gasteiger partial charge in [0.15, 0.2) is 0 Å². The average molecular weight is 233 g/mol. The fraction of sp³-hybridized carbons (Fsp3) is 0.176. The number of fused-ring (bicyclic) bond motifs is 3. The number of hydrogen-bond donors (Lipinski definition) is 1. The molecule has 1 aliphatic heterocycles. The Balaban J connectivity index is 1.87. The van der Waals surface area contributed by atoms with Gasteiger partial charge in [0.2, 0.25) is 0 Å². The van der Waals surface area contributed by atoms with Gasteiger partial charge in [0.05, 0.1) is 5.54 Å². The molecule has 0 aromatic heterocycles. The van der Waals surface area contributed by atoms with E-state index in [2.05, 4.69) is 66.0 Å². The average Bonchev–Trinajstić information content (AvgIpc) is 2.78. The van der Waals surface area contributed by atoms with Crippen molar-refractivity contribution in [2.24, 2.45) is 0 Å². The van der Waals surface area contributed by atoms with E-state index in [0.717, 1.165) is 12.8 Å². The molecule has 1 N–H and O–H groups in total. The van der Waals surface area contributed by atoms with E-state index in [4.69, 9.17) is 0 Å². The van der Waals surface area contributed by atoms with Gasteiger partial charge in [0.25, 0.3) is 0 Å². The number of rotatable bonds is 0. The summed E-state index contributed by atoms with van der Waals surface area (Å²) in [5, 5.41) is 3.75. The maximum absolute atomic E-state index is 3.75. The Hall–Kier alpha value is -2.02. The van der Waals surface area contributed by atoms with Crippen molar-refractivity contribution in [3.05, 3.63) is 71.3 Å². The summed E-state index contributed by atoms with van der Waals surface area (Å²) in [6.07, 6.45) is 6.69. The molecule has 88 valence electrons. The monoisotopic (exact) mass is 233 g/mol. The number of nitrogens with one attached hydrogen (secondary N) is 1. The summed E-state index contributed by atoms with van der Waals surface area (Å²) in [6.45, 7) is 0. The summed E-state index contributed by atoms with van der Waals surface area (Å²) in [4.78, 5) is 0. The van der Waals surface area contributed by atoms with Gasteiger partial charge in [-0.3, -0.25) is 0 Å². The number of hydrogen-bond acceptors (Lipinski definition) is 1. The Kier molecular flexibility index (Phi) is 1.93. The van der Waals surface area contributed by atoms with Gasteiger partial charge < -0.3 is 5.32 Å². The van der Waals surface area contributed by atoms with Crippen LogP contribution in [0.4, 0.5) is 5.69 Å². The van der Waals surface area contributed by atoms with Gasteiger partial charge in [-0.05, 0) is 29.2 Å². The van der Waals surface area contributed by atoms with Crippen LogP contribution in [0.15, 0.2) is 54.6 Å². The predicted octanol–water partition coefficient (Wildman–Crippen LogP) is 3.97. The lowest BCUT2D eigenvalue weighted by atomic mass is 9.78. The van der Waals surface area contributed by atoms with E-state index in [0.29, 0.717) is 0 Å². The third-order valence-electron chi connectivity index (χ3n) is 4.12. The lowest BCUT2D eigenvalue weighted by Crippen LogP contribution is -2.34. The summed E-state index contributed by atoms with van der Waals surface area (Å²) < 4.78 is 0. The van der Waals surface area contributed by atoms with Crippen molar-refractivity contribution in [3.63, 3.8) is 0 Å². The highest BCUT2D eigenvalue weighted by Gasteiger charge is 2.39. The van der Waals surface area contributed by atoms with Gasteiger partial charge in [-0.1, -0.05) is 54.6 Å². The number of benzene rings is 2. The predicted molar refractivity (Wildman–Crippen MR) is 75.5 cm³/mol. The number of anilines is 1. The number of para-hydroxylation sites is 1. The van der Waals surface area contributed by atoms with Crippen LogP contribution in [-0.4, -0.2) is 0 Å². The topological polar surface area (TPSA) is 12.0 Å². The lowest BCUT2D eigenvalue weighted by Gasteiger charge is -2.34. The highest BCUT2D eigenvalue weighted by Crippen LogP contribution is 2.44. The molecule has 0 fully saturated rings. The van der Waals surface area contributed by atoms with Crippen LogP contribution in [-0.2, 0) is 12.0 Å². The van der Waals surface area contributed by atoms with Crippen molar-refractivity contribution in [2.75, 3.05) is 5.32 Å². The Bertz CT molecular complexity index is 615. The second-order valence-corrected chi connectivity index (χ2v) is 5.23. The third-order valence-corrected chi connectivity index (χ3v) is 4.12. The minimum absolute atomic E-state index is 0.0784. The van der Waals surface area contributed by atoms with E-state index >= 15 is 0 Å². The molecule has 18 heavy (non-hydrogen) atoms. The normalized spacial score (nSPS) is 23.6. The molecular weight excluding hydrogens is 218 g/mol. The zero-order chi connectivity index (χ0) is 12.0. The maximum atomic E-state index is 3.75. The minimum Gasteiger partial charge on any atom is -0.375 e.